The lowest BCUT2D eigenvalue weighted by molar-refractivity contribution is -0.139. The highest BCUT2D eigenvalue weighted by molar-refractivity contribution is 6.36. The third-order valence-corrected chi connectivity index (χ3v) is 7.54. The number of carbonyl (C=O) groups is 1. The molecule has 0 amide bonds. The highest BCUT2D eigenvalue weighted by atomic mass is 35.5. The fraction of sp³-hybridized carbons (Fsp3) is 0.423. The summed E-state index contributed by atoms with van der Waals surface area (Å²) < 4.78 is 49.2. The number of aliphatic carboxylic acids is 1. The Balaban J connectivity index is 1.38. The van der Waals surface area contributed by atoms with E-state index in [0.29, 0.717) is 28.4 Å². The summed E-state index contributed by atoms with van der Waals surface area (Å²) in [4.78, 5) is 11.2. The molecule has 2 heterocycles. The molecule has 3 aromatic rings. The maximum absolute atomic E-state index is 13.8. The number of fused-ring (bicyclic) bond motifs is 3. The summed E-state index contributed by atoms with van der Waals surface area (Å²) in [5, 5.41) is 10.5. The summed E-state index contributed by atoms with van der Waals surface area (Å²) in [6.45, 7) is 0.705. The normalized spacial score (nSPS) is 18.5. The van der Waals surface area contributed by atoms with E-state index in [9.17, 15) is 23.1 Å². The van der Waals surface area contributed by atoms with Crippen LogP contribution in [0.15, 0.2) is 36.4 Å². The molecule has 1 aliphatic heterocycles. The SMILES string of the molecule is O=C(O)CC1CCn2c1c(Cl)c1cc(OCc3ccc(C4CCCC4)c(C(F)(F)F)c3)ccc12. The van der Waals surface area contributed by atoms with Crippen molar-refractivity contribution in [1.82, 2.24) is 4.57 Å². The molecule has 2 aromatic carbocycles. The fourth-order valence-electron chi connectivity index (χ4n) is 5.57. The van der Waals surface area contributed by atoms with E-state index in [1.807, 2.05) is 10.6 Å². The lowest BCUT2D eigenvalue weighted by Gasteiger charge is -2.19. The van der Waals surface area contributed by atoms with Crippen LogP contribution in [0, 0.1) is 0 Å². The largest absolute Gasteiger partial charge is 0.489 e. The molecule has 1 N–H and O–H groups in total. The minimum Gasteiger partial charge on any atom is -0.489 e. The predicted octanol–water partition coefficient (Wildman–Crippen LogP) is 7.51. The van der Waals surface area contributed by atoms with Crippen LogP contribution in [0.1, 0.15) is 72.7 Å². The minimum absolute atomic E-state index is 0.00631. The van der Waals surface area contributed by atoms with Crippen molar-refractivity contribution >= 4 is 28.5 Å². The molecule has 1 saturated carbocycles. The number of carboxylic acids is 1. The number of rotatable bonds is 6. The number of benzene rings is 2. The molecule has 5 rings (SSSR count). The van der Waals surface area contributed by atoms with Gasteiger partial charge in [-0.3, -0.25) is 4.79 Å². The van der Waals surface area contributed by atoms with E-state index in [0.717, 1.165) is 48.7 Å². The molecule has 0 radical (unpaired) electrons. The average molecular weight is 492 g/mol. The molecule has 4 nitrogen and oxygen atoms in total. The maximum atomic E-state index is 13.8. The summed E-state index contributed by atoms with van der Waals surface area (Å²) in [7, 11) is 0. The van der Waals surface area contributed by atoms with Gasteiger partial charge in [0.2, 0.25) is 0 Å². The zero-order chi connectivity index (χ0) is 24.0. The average Bonchev–Trinajstić information content (AvgIpc) is 3.51. The molecule has 0 spiro atoms. The van der Waals surface area contributed by atoms with E-state index in [-0.39, 0.29) is 24.9 Å². The van der Waals surface area contributed by atoms with Gasteiger partial charge in [0.15, 0.2) is 0 Å². The Kier molecular flexibility index (Phi) is 6.00. The Morgan fingerprint density at radius 1 is 1.12 bits per heavy atom. The Labute approximate surface area is 200 Å². The number of hydrogen-bond acceptors (Lipinski definition) is 2. The number of aryl methyl sites for hydroxylation is 1. The number of halogens is 4. The van der Waals surface area contributed by atoms with E-state index >= 15 is 0 Å². The number of aromatic nitrogens is 1. The first kappa shape index (κ1) is 23.1. The van der Waals surface area contributed by atoms with Gasteiger partial charge in [-0.25, -0.2) is 0 Å². The number of carboxylic acid groups (broad SMARTS) is 1. The lowest BCUT2D eigenvalue weighted by atomic mass is 9.91. The summed E-state index contributed by atoms with van der Waals surface area (Å²) in [5.41, 5.74) is 2.02. The van der Waals surface area contributed by atoms with Crippen LogP contribution in [-0.4, -0.2) is 15.6 Å². The molecule has 180 valence electrons. The zero-order valence-corrected chi connectivity index (χ0v) is 19.3. The van der Waals surface area contributed by atoms with Gasteiger partial charge in [-0.15, -0.1) is 0 Å². The van der Waals surface area contributed by atoms with Crippen LogP contribution in [0.25, 0.3) is 10.9 Å². The maximum Gasteiger partial charge on any atom is 0.416 e. The molecule has 1 fully saturated rings. The van der Waals surface area contributed by atoms with E-state index in [4.69, 9.17) is 16.3 Å². The van der Waals surface area contributed by atoms with Crippen LogP contribution in [0.3, 0.4) is 0 Å². The van der Waals surface area contributed by atoms with Gasteiger partial charge in [-0.2, -0.15) is 13.2 Å². The zero-order valence-electron chi connectivity index (χ0n) is 18.5. The van der Waals surface area contributed by atoms with Crippen molar-refractivity contribution in [3.8, 4) is 5.75 Å². The van der Waals surface area contributed by atoms with Gasteiger partial charge in [0.25, 0.3) is 0 Å². The number of alkyl halides is 3. The predicted molar refractivity (Wildman–Crippen MR) is 124 cm³/mol. The molecular formula is C26H25ClF3NO3. The number of nitrogens with zero attached hydrogens (tertiary/aromatic N) is 1. The quantitative estimate of drug-likeness (QED) is 0.388. The molecule has 0 saturated heterocycles. The molecule has 1 aliphatic carbocycles. The van der Waals surface area contributed by atoms with E-state index in [1.54, 1.807) is 24.3 Å². The number of ether oxygens (including phenoxy) is 1. The summed E-state index contributed by atoms with van der Waals surface area (Å²) in [5.74, 6) is -0.526. The van der Waals surface area contributed by atoms with Crippen molar-refractivity contribution in [2.24, 2.45) is 0 Å². The third kappa shape index (κ3) is 4.26. The Hall–Kier alpha value is -2.67. The van der Waals surface area contributed by atoms with Crippen LogP contribution in [0.2, 0.25) is 5.02 Å². The standard InChI is InChI=1S/C26H25ClF3NO3/c27-24-20-13-18(6-8-22(20)31-10-9-17(25(24)31)12-23(32)33)34-14-15-5-7-19(16-3-1-2-4-16)21(11-15)26(28,29)30/h5-8,11,13,16-17H,1-4,9-10,12,14H2,(H,32,33). The Bertz CT molecular complexity index is 1240. The second kappa shape index (κ2) is 8.84. The molecular weight excluding hydrogens is 467 g/mol. The number of hydrogen-bond donors (Lipinski definition) is 1. The van der Waals surface area contributed by atoms with Crippen LogP contribution in [0.5, 0.6) is 5.75 Å². The van der Waals surface area contributed by atoms with Crippen molar-refractivity contribution < 1.29 is 27.8 Å². The lowest BCUT2D eigenvalue weighted by Crippen LogP contribution is -2.12. The summed E-state index contributed by atoms with van der Waals surface area (Å²) in [6, 6.07) is 9.96. The van der Waals surface area contributed by atoms with Crippen LogP contribution >= 0.6 is 11.6 Å². The van der Waals surface area contributed by atoms with Crippen molar-refractivity contribution in [1.29, 1.82) is 0 Å². The molecule has 1 aromatic heterocycles. The van der Waals surface area contributed by atoms with Gasteiger partial charge in [0.1, 0.15) is 12.4 Å². The Morgan fingerprint density at radius 3 is 2.59 bits per heavy atom. The minimum atomic E-state index is -4.40. The molecule has 34 heavy (non-hydrogen) atoms. The molecule has 0 bridgehead atoms. The molecule has 1 unspecified atom stereocenters. The van der Waals surface area contributed by atoms with Crippen LogP contribution in [-0.2, 0) is 24.1 Å². The molecule has 1 atom stereocenters. The van der Waals surface area contributed by atoms with Crippen molar-refractivity contribution in [3.05, 3.63) is 63.8 Å². The highest BCUT2D eigenvalue weighted by Crippen LogP contribution is 2.44. The summed E-state index contributed by atoms with van der Waals surface area (Å²) in [6.07, 6.45) is -0.105. The van der Waals surface area contributed by atoms with Gasteiger partial charge in [-0.05, 0) is 60.6 Å². The second-order valence-corrected chi connectivity index (χ2v) is 9.68. The van der Waals surface area contributed by atoms with Gasteiger partial charge < -0.3 is 14.4 Å². The smallest absolute Gasteiger partial charge is 0.416 e. The van der Waals surface area contributed by atoms with E-state index in [2.05, 4.69) is 0 Å². The van der Waals surface area contributed by atoms with E-state index in [1.165, 1.54) is 6.07 Å². The first-order valence-electron chi connectivity index (χ1n) is 11.6. The first-order valence-corrected chi connectivity index (χ1v) is 12.0. The topological polar surface area (TPSA) is 51.5 Å². The van der Waals surface area contributed by atoms with Crippen molar-refractivity contribution in [2.45, 2.75) is 69.7 Å². The fourth-order valence-corrected chi connectivity index (χ4v) is 5.98. The van der Waals surface area contributed by atoms with Gasteiger partial charge in [0, 0.05) is 23.5 Å². The highest BCUT2D eigenvalue weighted by Gasteiger charge is 2.36. The second-order valence-electron chi connectivity index (χ2n) is 9.30. The van der Waals surface area contributed by atoms with Crippen LogP contribution < -0.4 is 4.74 Å². The summed E-state index contributed by atoms with van der Waals surface area (Å²) >= 11 is 6.63. The van der Waals surface area contributed by atoms with Crippen molar-refractivity contribution in [3.63, 3.8) is 0 Å². The van der Waals surface area contributed by atoms with Gasteiger partial charge >= 0.3 is 12.1 Å². The van der Waals surface area contributed by atoms with Crippen LogP contribution in [0.4, 0.5) is 13.2 Å². The van der Waals surface area contributed by atoms with E-state index < -0.39 is 17.7 Å². The molecule has 8 heteroatoms. The molecule has 2 aliphatic rings. The van der Waals surface area contributed by atoms with Gasteiger partial charge in [-0.1, -0.05) is 36.6 Å². The monoisotopic (exact) mass is 491 g/mol. The van der Waals surface area contributed by atoms with Crippen molar-refractivity contribution in [2.75, 3.05) is 0 Å². The Morgan fingerprint density at radius 2 is 1.88 bits per heavy atom. The van der Waals surface area contributed by atoms with Gasteiger partial charge in [0.05, 0.1) is 22.5 Å². The first-order chi connectivity index (χ1) is 16.2. The third-order valence-electron chi connectivity index (χ3n) is 7.14.